The number of imidazole rings is 1. The van der Waals surface area contributed by atoms with Crippen molar-refractivity contribution in [3.05, 3.63) is 89.3 Å². The van der Waals surface area contributed by atoms with E-state index in [4.69, 9.17) is 4.52 Å². The Morgan fingerprint density at radius 2 is 1.69 bits per heavy atom. The lowest BCUT2D eigenvalue weighted by atomic mass is 9.87. The number of carbonyl (C=O) groups excluding carboxylic acids is 1. The molecule has 1 aliphatic rings. The van der Waals surface area contributed by atoms with Gasteiger partial charge in [0, 0.05) is 37.0 Å². The molecule has 4 aromatic rings. The number of amides is 1. The van der Waals surface area contributed by atoms with Crippen molar-refractivity contribution in [1.82, 2.24) is 29.9 Å². The van der Waals surface area contributed by atoms with Crippen molar-refractivity contribution >= 4 is 5.91 Å². The molecule has 1 amide bonds. The van der Waals surface area contributed by atoms with E-state index in [1.807, 2.05) is 19.3 Å². The van der Waals surface area contributed by atoms with Gasteiger partial charge in [-0.2, -0.15) is 4.98 Å². The van der Waals surface area contributed by atoms with Gasteiger partial charge in [-0.15, -0.1) is 0 Å². The maximum Gasteiger partial charge on any atom is 0.241 e. The third-order valence-corrected chi connectivity index (χ3v) is 7.56. The minimum absolute atomic E-state index is 0.0318. The molecule has 8 heteroatoms. The Hall–Kier alpha value is -3.78. The first-order valence-corrected chi connectivity index (χ1v) is 13.7. The number of nitrogens with zero attached hydrogens (tertiary/aromatic N) is 5. The number of benzene rings is 2. The van der Waals surface area contributed by atoms with E-state index < -0.39 is 0 Å². The van der Waals surface area contributed by atoms with Gasteiger partial charge in [0.15, 0.2) is 0 Å². The van der Waals surface area contributed by atoms with E-state index in [-0.39, 0.29) is 17.2 Å². The molecule has 1 fully saturated rings. The smallest absolute Gasteiger partial charge is 0.241 e. The highest BCUT2D eigenvalue weighted by molar-refractivity contribution is 5.78. The number of piperidine rings is 1. The summed E-state index contributed by atoms with van der Waals surface area (Å²) in [6, 6.07) is 16.8. The minimum atomic E-state index is 0.0318. The lowest BCUT2D eigenvalue weighted by Crippen LogP contribution is -2.40. The molecule has 2 aromatic heterocycles. The van der Waals surface area contributed by atoms with Crippen LogP contribution in [0.15, 0.2) is 65.4 Å². The van der Waals surface area contributed by atoms with Crippen LogP contribution < -0.4 is 5.32 Å². The normalized spacial score (nSPS) is 15.0. The van der Waals surface area contributed by atoms with E-state index in [0.29, 0.717) is 24.8 Å². The van der Waals surface area contributed by atoms with Gasteiger partial charge in [0.25, 0.3) is 0 Å². The van der Waals surface area contributed by atoms with Crippen molar-refractivity contribution < 1.29 is 9.32 Å². The number of rotatable bonds is 8. The van der Waals surface area contributed by atoms with E-state index in [0.717, 1.165) is 49.4 Å². The van der Waals surface area contributed by atoms with Gasteiger partial charge in [-0.25, -0.2) is 4.98 Å². The first-order valence-electron chi connectivity index (χ1n) is 13.7. The molecule has 1 N–H and O–H groups in total. The van der Waals surface area contributed by atoms with Crippen LogP contribution in [0.3, 0.4) is 0 Å². The summed E-state index contributed by atoms with van der Waals surface area (Å²) in [5, 5.41) is 7.32. The third-order valence-electron chi connectivity index (χ3n) is 7.56. The highest BCUT2D eigenvalue weighted by Crippen LogP contribution is 2.25. The topological polar surface area (TPSA) is 89.1 Å². The standard InChI is InChI=1S/C31H38N6O2/c1-22-32-15-18-37(22)20-24-7-5-23(6-8-24)19-33-30(38)26-13-16-36(17-14-26)21-28-34-29(35-39-28)25-9-11-27(12-10-25)31(2,3)4/h5-12,15,18,26H,13-14,16-17,19-21H2,1-4H3,(H,33,38). The van der Waals surface area contributed by atoms with Crippen LogP contribution in [0.2, 0.25) is 0 Å². The van der Waals surface area contributed by atoms with Crippen LogP contribution in [0, 0.1) is 12.8 Å². The second-order valence-electron chi connectivity index (χ2n) is 11.5. The fraction of sp³-hybridized carbons (Fsp3) is 0.419. The molecule has 204 valence electrons. The van der Waals surface area contributed by atoms with Crippen LogP contribution in [0.25, 0.3) is 11.4 Å². The molecular formula is C31H38N6O2. The van der Waals surface area contributed by atoms with Crippen LogP contribution in [0.4, 0.5) is 0 Å². The van der Waals surface area contributed by atoms with Crippen molar-refractivity contribution in [3.63, 3.8) is 0 Å². The Morgan fingerprint density at radius 1 is 1.00 bits per heavy atom. The van der Waals surface area contributed by atoms with E-state index in [2.05, 4.69) is 99.2 Å². The fourth-order valence-corrected chi connectivity index (χ4v) is 4.96. The molecule has 3 heterocycles. The average Bonchev–Trinajstić information content (AvgIpc) is 3.57. The average molecular weight is 527 g/mol. The summed E-state index contributed by atoms with van der Waals surface area (Å²) in [7, 11) is 0. The van der Waals surface area contributed by atoms with Gasteiger partial charge in [0.2, 0.25) is 17.6 Å². The maximum atomic E-state index is 12.8. The minimum Gasteiger partial charge on any atom is -0.352 e. The predicted molar refractivity (Wildman–Crippen MR) is 151 cm³/mol. The second kappa shape index (κ2) is 11.5. The summed E-state index contributed by atoms with van der Waals surface area (Å²) in [6.07, 6.45) is 5.45. The summed E-state index contributed by atoms with van der Waals surface area (Å²) in [5.74, 6) is 2.39. The number of nitrogens with one attached hydrogen (secondary N) is 1. The molecule has 0 spiro atoms. The number of hydrogen-bond acceptors (Lipinski definition) is 6. The zero-order valence-corrected chi connectivity index (χ0v) is 23.4. The lowest BCUT2D eigenvalue weighted by molar-refractivity contribution is -0.126. The van der Waals surface area contributed by atoms with E-state index >= 15 is 0 Å². The monoisotopic (exact) mass is 526 g/mol. The Morgan fingerprint density at radius 3 is 2.33 bits per heavy atom. The van der Waals surface area contributed by atoms with Crippen molar-refractivity contribution in [2.24, 2.45) is 5.92 Å². The van der Waals surface area contributed by atoms with Crippen LogP contribution in [0.1, 0.15) is 62.0 Å². The van der Waals surface area contributed by atoms with Crippen LogP contribution in [-0.4, -0.2) is 43.6 Å². The Kier molecular flexibility index (Phi) is 7.93. The molecule has 0 radical (unpaired) electrons. The van der Waals surface area contributed by atoms with Gasteiger partial charge in [-0.1, -0.05) is 74.5 Å². The number of aromatic nitrogens is 4. The predicted octanol–water partition coefficient (Wildman–Crippen LogP) is 5.12. The lowest BCUT2D eigenvalue weighted by Gasteiger charge is -2.30. The molecule has 0 saturated carbocycles. The molecule has 39 heavy (non-hydrogen) atoms. The van der Waals surface area contributed by atoms with Crippen molar-refractivity contribution in [2.75, 3.05) is 13.1 Å². The van der Waals surface area contributed by atoms with Crippen molar-refractivity contribution in [3.8, 4) is 11.4 Å². The zero-order chi connectivity index (χ0) is 27.4. The van der Waals surface area contributed by atoms with Gasteiger partial charge in [-0.3, -0.25) is 9.69 Å². The molecule has 0 atom stereocenters. The highest BCUT2D eigenvalue weighted by atomic mass is 16.5. The molecule has 0 aliphatic carbocycles. The SMILES string of the molecule is Cc1nccn1Cc1ccc(CNC(=O)C2CCN(Cc3nc(-c4ccc(C(C)(C)C)cc4)no3)CC2)cc1. The Bertz CT molecular complexity index is 1370. The Labute approximate surface area is 230 Å². The molecular weight excluding hydrogens is 488 g/mol. The number of aryl methyl sites for hydroxylation is 1. The van der Waals surface area contributed by atoms with Gasteiger partial charge < -0.3 is 14.4 Å². The summed E-state index contributed by atoms with van der Waals surface area (Å²) < 4.78 is 7.66. The number of likely N-dealkylation sites (tertiary alicyclic amines) is 1. The van der Waals surface area contributed by atoms with Crippen LogP contribution >= 0.6 is 0 Å². The first-order chi connectivity index (χ1) is 18.7. The second-order valence-corrected chi connectivity index (χ2v) is 11.5. The summed E-state index contributed by atoms with van der Waals surface area (Å²) in [5.41, 5.74) is 4.65. The summed E-state index contributed by atoms with van der Waals surface area (Å²) in [6.45, 7) is 12.2. The van der Waals surface area contributed by atoms with Crippen LogP contribution in [0.5, 0.6) is 0 Å². The molecule has 8 nitrogen and oxygen atoms in total. The quantitative estimate of drug-likeness (QED) is 0.343. The Balaban J connectivity index is 1.06. The summed E-state index contributed by atoms with van der Waals surface area (Å²) >= 11 is 0. The largest absolute Gasteiger partial charge is 0.352 e. The van der Waals surface area contributed by atoms with E-state index in [1.54, 1.807) is 0 Å². The van der Waals surface area contributed by atoms with Crippen molar-refractivity contribution in [2.45, 2.75) is 65.6 Å². The van der Waals surface area contributed by atoms with Gasteiger partial charge in [-0.05, 0) is 55.0 Å². The van der Waals surface area contributed by atoms with Crippen molar-refractivity contribution in [1.29, 1.82) is 0 Å². The maximum absolute atomic E-state index is 12.8. The number of carbonyl (C=O) groups is 1. The first kappa shape index (κ1) is 26.8. The molecule has 1 saturated heterocycles. The molecule has 0 bridgehead atoms. The molecule has 2 aromatic carbocycles. The zero-order valence-electron chi connectivity index (χ0n) is 23.4. The van der Waals surface area contributed by atoms with E-state index in [9.17, 15) is 4.79 Å². The van der Waals surface area contributed by atoms with Gasteiger partial charge in [0.1, 0.15) is 5.82 Å². The molecule has 0 unspecified atom stereocenters. The van der Waals surface area contributed by atoms with Crippen LogP contribution in [-0.2, 0) is 29.8 Å². The summed E-state index contributed by atoms with van der Waals surface area (Å²) in [4.78, 5) is 24.0. The number of hydrogen-bond donors (Lipinski definition) is 1. The van der Waals surface area contributed by atoms with Gasteiger partial charge >= 0.3 is 0 Å². The molecule has 1 aliphatic heterocycles. The van der Waals surface area contributed by atoms with E-state index in [1.165, 1.54) is 11.1 Å². The molecule has 5 rings (SSSR count). The van der Waals surface area contributed by atoms with Gasteiger partial charge in [0.05, 0.1) is 6.54 Å². The highest BCUT2D eigenvalue weighted by Gasteiger charge is 2.26. The third kappa shape index (κ3) is 6.81. The fourth-order valence-electron chi connectivity index (χ4n) is 4.96.